The Kier molecular flexibility index (Phi) is 2.95. The predicted octanol–water partition coefficient (Wildman–Crippen LogP) is 4.74. The van der Waals surface area contributed by atoms with Crippen LogP contribution in [0.5, 0.6) is 0 Å². The molecular formula is C21H16O2. The summed E-state index contributed by atoms with van der Waals surface area (Å²) in [6.07, 6.45) is 0. The molecule has 0 bridgehead atoms. The SMILES string of the molecule is CC(C)c1ccc2c(c1)C(=O)c1cc3ccccc3cc1C2=O. The zero-order chi connectivity index (χ0) is 16.1. The Hall–Kier alpha value is -2.74. The van der Waals surface area contributed by atoms with E-state index < -0.39 is 0 Å². The third-order valence-electron chi connectivity index (χ3n) is 4.57. The van der Waals surface area contributed by atoms with Crippen molar-refractivity contribution in [3.05, 3.63) is 82.4 Å². The van der Waals surface area contributed by atoms with Gasteiger partial charge in [-0.25, -0.2) is 0 Å². The topological polar surface area (TPSA) is 34.1 Å². The van der Waals surface area contributed by atoms with Gasteiger partial charge in [0.05, 0.1) is 0 Å². The minimum atomic E-state index is -0.0596. The second kappa shape index (κ2) is 4.88. The van der Waals surface area contributed by atoms with Crippen molar-refractivity contribution in [1.29, 1.82) is 0 Å². The van der Waals surface area contributed by atoms with Gasteiger partial charge in [0.1, 0.15) is 0 Å². The number of fused-ring (bicyclic) bond motifs is 3. The summed E-state index contributed by atoms with van der Waals surface area (Å²) in [7, 11) is 0. The number of benzene rings is 3. The van der Waals surface area contributed by atoms with Crippen LogP contribution in [0.25, 0.3) is 10.8 Å². The summed E-state index contributed by atoms with van der Waals surface area (Å²) in [6, 6.07) is 17.1. The first-order valence-corrected chi connectivity index (χ1v) is 7.82. The Labute approximate surface area is 134 Å². The lowest BCUT2D eigenvalue weighted by atomic mass is 9.81. The molecule has 2 nitrogen and oxygen atoms in total. The minimum Gasteiger partial charge on any atom is -0.289 e. The van der Waals surface area contributed by atoms with Gasteiger partial charge in [-0.05, 0) is 40.5 Å². The number of ketones is 2. The van der Waals surface area contributed by atoms with Crippen LogP contribution in [-0.2, 0) is 0 Å². The fourth-order valence-electron chi connectivity index (χ4n) is 3.21. The standard InChI is InChI=1S/C21H16O2/c1-12(2)13-7-8-16-17(9-13)21(23)19-11-15-6-4-3-5-14(15)10-18(19)20(16)22/h3-12H,1-2H3. The molecule has 0 heterocycles. The Morgan fingerprint density at radius 2 is 1.17 bits per heavy atom. The number of hydrogen-bond acceptors (Lipinski definition) is 2. The van der Waals surface area contributed by atoms with Crippen LogP contribution in [0.1, 0.15) is 57.2 Å². The molecule has 0 N–H and O–H groups in total. The molecule has 1 aliphatic carbocycles. The maximum absolute atomic E-state index is 12.9. The van der Waals surface area contributed by atoms with Crippen molar-refractivity contribution < 1.29 is 9.59 Å². The maximum atomic E-state index is 12.9. The fourth-order valence-corrected chi connectivity index (χ4v) is 3.21. The van der Waals surface area contributed by atoms with Crippen LogP contribution in [0.2, 0.25) is 0 Å². The molecule has 0 amide bonds. The third kappa shape index (κ3) is 2.02. The van der Waals surface area contributed by atoms with E-state index in [1.165, 1.54) is 0 Å². The molecule has 0 aromatic heterocycles. The van der Waals surface area contributed by atoms with Crippen LogP contribution in [0.3, 0.4) is 0 Å². The van der Waals surface area contributed by atoms with E-state index in [-0.39, 0.29) is 11.6 Å². The second-order valence-corrected chi connectivity index (χ2v) is 6.36. The van der Waals surface area contributed by atoms with Crippen LogP contribution in [0.15, 0.2) is 54.6 Å². The largest absolute Gasteiger partial charge is 0.289 e. The number of carbonyl (C=O) groups excluding carboxylic acids is 2. The van der Waals surface area contributed by atoms with Crippen molar-refractivity contribution in [2.24, 2.45) is 0 Å². The summed E-state index contributed by atoms with van der Waals surface area (Å²) >= 11 is 0. The molecule has 3 aromatic rings. The summed E-state index contributed by atoms with van der Waals surface area (Å²) in [6.45, 7) is 4.16. The summed E-state index contributed by atoms with van der Waals surface area (Å²) in [5, 5.41) is 1.96. The van der Waals surface area contributed by atoms with Gasteiger partial charge in [0.2, 0.25) is 0 Å². The monoisotopic (exact) mass is 300 g/mol. The van der Waals surface area contributed by atoms with E-state index in [2.05, 4.69) is 13.8 Å². The van der Waals surface area contributed by atoms with E-state index in [9.17, 15) is 9.59 Å². The van der Waals surface area contributed by atoms with Gasteiger partial charge in [-0.3, -0.25) is 9.59 Å². The van der Waals surface area contributed by atoms with Gasteiger partial charge < -0.3 is 0 Å². The number of hydrogen-bond donors (Lipinski definition) is 0. The average molecular weight is 300 g/mol. The molecule has 0 saturated heterocycles. The first kappa shape index (κ1) is 13.9. The van der Waals surface area contributed by atoms with E-state index >= 15 is 0 Å². The van der Waals surface area contributed by atoms with Crippen molar-refractivity contribution >= 4 is 22.3 Å². The zero-order valence-electron chi connectivity index (χ0n) is 13.1. The van der Waals surface area contributed by atoms with Gasteiger partial charge >= 0.3 is 0 Å². The number of rotatable bonds is 1. The highest BCUT2D eigenvalue weighted by molar-refractivity contribution is 6.29. The van der Waals surface area contributed by atoms with Gasteiger partial charge in [0.15, 0.2) is 11.6 Å². The third-order valence-corrected chi connectivity index (χ3v) is 4.57. The van der Waals surface area contributed by atoms with Crippen LogP contribution < -0.4 is 0 Å². The quantitative estimate of drug-likeness (QED) is 0.509. The van der Waals surface area contributed by atoms with Gasteiger partial charge in [0, 0.05) is 22.3 Å². The molecule has 0 saturated carbocycles. The minimum absolute atomic E-state index is 0.0529. The Balaban J connectivity index is 1.98. The molecule has 0 aliphatic heterocycles. The van der Waals surface area contributed by atoms with E-state index in [1.54, 1.807) is 6.07 Å². The Bertz CT molecular complexity index is 980. The molecule has 2 heteroatoms. The first-order valence-electron chi connectivity index (χ1n) is 7.82. The van der Waals surface area contributed by atoms with Crippen molar-refractivity contribution in [1.82, 2.24) is 0 Å². The summed E-state index contributed by atoms with van der Waals surface area (Å²) < 4.78 is 0. The first-order chi connectivity index (χ1) is 11.1. The molecule has 0 radical (unpaired) electrons. The fraction of sp³-hybridized carbons (Fsp3) is 0.143. The number of carbonyl (C=O) groups is 2. The summed E-state index contributed by atoms with van der Waals surface area (Å²) in [5.74, 6) is 0.208. The summed E-state index contributed by atoms with van der Waals surface area (Å²) in [5.41, 5.74) is 3.15. The van der Waals surface area contributed by atoms with Gasteiger partial charge in [0.25, 0.3) is 0 Å². The Morgan fingerprint density at radius 1 is 0.652 bits per heavy atom. The molecule has 0 fully saturated rings. The van der Waals surface area contributed by atoms with Crippen LogP contribution in [0, 0.1) is 0 Å². The van der Waals surface area contributed by atoms with Crippen molar-refractivity contribution in [3.8, 4) is 0 Å². The van der Waals surface area contributed by atoms with Crippen molar-refractivity contribution in [2.75, 3.05) is 0 Å². The van der Waals surface area contributed by atoms with E-state index in [0.29, 0.717) is 28.2 Å². The van der Waals surface area contributed by atoms with Crippen molar-refractivity contribution in [2.45, 2.75) is 19.8 Å². The highest BCUT2D eigenvalue weighted by Crippen LogP contribution is 2.32. The van der Waals surface area contributed by atoms with Gasteiger partial charge in [-0.2, -0.15) is 0 Å². The maximum Gasteiger partial charge on any atom is 0.194 e. The lowest BCUT2D eigenvalue weighted by molar-refractivity contribution is 0.0979. The lowest BCUT2D eigenvalue weighted by Gasteiger charge is -2.19. The molecule has 112 valence electrons. The van der Waals surface area contributed by atoms with E-state index in [0.717, 1.165) is 16.3 Å². The molecular weight excluding hydrogens is 284 g/mol. The highest BCUT2D eigenvalue weighted by atomic mass is 16.1. The molecule has 1 aliphatic rings. The molecule has 0 atom stereocenters. The molecule has 4 rings (SSSR count). The van der Waals surface area contributed by atoms with E-state index in [1.807, 2.05) is 48.5 Å². The summed E-state index contributed by atoms with van der Waals surface area (Å²) in [4.78, 5) is 25.7. The normalized spacial score (nSPS) is 13.3. The smallest absolute Gasteiger partial charge is 0.194 e. The lowest BCUT2D eigenvalue weighted by Crippen LogP contribution is -2.21. The molecule has 0 unspecified atom stereocenters. The van der Waals surface area contributed by atoms with E-state index in [4.69, 9.17) is 0 Å². The van der Waals surface area contributed by atoms with Crippen LogP contribution in [0.4, 0.5) is 0 Å². The van der Waals surface area contributed by atoms with Gasteiger partial charge in [-0.15, -0.1) is 0 Å². The molecule has 3 aromatic carbocycles. The highest BCUT2D eigenvalue weighted by Gasteiger charge is 2.30. The van der Waals surface area contributed by atoms with Gasteiger partial charge in [-0.1, -0.05) is 50.2 Å². The van der Waals surface area contributed by atoms with Crippen LogP contribution >= 0.6 is 0 Å². The second-order valence-electron chi connectivity index (χ2n) is 6.36. The molecule has 0 spiro atoms. The average Bonchev–Trinajstić information content (AvgIpc) is 2.58. The van der Waals surface area contributed by atoms with Crippen molar-refractivity contribution in [3.63, 3.8) is 0 Å². The predicted molar refractivity (Wildman–Crippen MR) is 91.3 cm³/mol. The zero-order valence-corrected chi connectivity index (χ0v) is 13.1. The Morgan fingerprint density at radius 3 is 1.74 bits per heavy atom. The van der Waals surface area contributed by atoms with Crippen LogP contribution in [-0.4, -0.2) is 11.6 Å². The molecule has 23 heavy (non-hydrogen) atoms.